The van der Waals surface area contributed by atoms with Crippen LogP contribution >= 0.6 is 0 Å². The molecular weight excluding hydrogens is 418 g/mol. The number of ether oxygens (including phenoxy) is 3. The third-order valence-corrected chi connectivity index (χ3v) is 5.18. The topological polar surface area (TPSA) is 86.4 Å². The number of unbranched alkanes of at least 4 members (excludes halogenated alkanes) is 2. The van der Waals surface area contributed by atoms with Gasteiger partial charge in [-0.2, -0.15) is 5.10 Å². The number of carbonyl (C=O) groups is 1. The van der Waals surface area contributed by atoms with Crippen LogP contribution in [0.4, 0.5) is 0 Å². The molecule has 7 nitrogen and oxygen atoms in total. The first-order valence-electron chi connectivity index (χ1n) is 11.5. The van der Waals surface area contributed by atoms with Gasteiger partial charge in [0.25, 0.3) is 5.91 Å². The van der Waals surface area contributed by atoms with E-state index in [-0.39, 0.29) is 18.0 Å². The van der Waals surface area contributed by atoms with Crippen LogP contribution in [0.25, 0.3) is 0 Å². The average molecular weight is 456 g/mol. The zero-order valence-electron chi connectivity index (χ0n) is 20.4. The number of nitrogens with two attached hydrogens (primary N) is 1. The summed E-state index contributed by atoms with van der Waals surface area (Å²) in [6.07, 6.45) is 4.40. The fourth-order valence-electron chi connectivity index (χ4n) is 3.62. The summed E-state index contributed by atoms with van der Waals surface area (Å²) in [6, 6.07) is 13.2. The molecule has 2 rings (SSSR count). The van der Waals surface area contributed by atoms with Gasteiger partial charge in [0.2, 0.25) is 0 Å². The molecule has 0 aliphatic heterocycles. The van der Waals surface area contributed by atoms with E-state index in [0.29, 0.717) is 30.3 Å². The molecule has 0 heterocycles. The zero-order valence-corrected chi connectivity index (χ0v) is 20.4. The Labute approximate surface area is 197 Å². The lowest BCUT2D eigenvalue weighted by Crippen LogP contribution is -2.42. The highest BCUT2D eigenvalue weighted by Crippen LogP contribution is 2.29. The molecule has 0 radical (unpaired) electrons. The monoisotopic (exact) mass is 455 g/mol. The fourth-order valence-corrected chi connectivity index (χ4v) is 3.62. The third kappa shape index (κ3) is 8.00. The average Bonchev–Trinajstić information content (AvgIpc) is 2.79. The van der Waals surface area contributed by atoms with E-state index in [2.05, 4.69) is 5.10 Å². The van der Waals surface area contributed by atoms with E-state index < -0.39 is 0 Å². The normalized spacial score (nSPS) is 11.2. The van der Waals surface area contributed by atoms with Crippen molar-refractivity contribution in [1.82, 2.24) is 4.90 Å². The van der Waals surface area contributed by atoms with Crippen molar-refractivity contribution in [2.75, 3.05) is 20.3 Å². The molecule has 0 saturated carbocycles. The molecule has 2 N–H and O–H groups in total. The summed E-state index contributed by atoms with van der Waals surface area (Å²) in [4.78, 5) is 14.8. The molecule has 0 aromatic heterocycles. The maximum Gasteiger partial charge on any atom is 0.254 e. The summed E-state index contributed by atoms with van der Waals surface area (Å²) in [5, 5.41) is 3.50. The molecule has 0 fully saturated rings. The second kappa shape index (κ2) is 13.4. The van der Waals surface area contributed by atoms with E-state index in [0.717, 1.165) is 30.6 Å². The van der Waals surface area contributed by atoms with Gasteiger partial charge in [0.1, 0.15) is 5.75 Å². The van der Waals surface area contributed by atoms with Gasteiger partial charge >= 0.3 is 0 Å². The van der Waals surface area contributed by atoms with Gasteiger partial charge in [-0.1, -0.05) is 0 Å². The van der Waals surface area contributed by atoms with Crippen LogP contribution in [0.2, 0.25) is 0 Å². The quantitative estimate of drug-likeness (QED) is 0.201. The van der Waals surface area contributed by atoms with E-state index in [4.69, 9.17) is 20.1 Å². The van der Waals surface area contributed by atoms with Crippen molar-refractivity contribution in [3.8, 4) is 17.2 Å². The van der Waals surface area contributed by atoms with E-state index in [1.807, 2.05) is 62.9 Å². The van der Waals surface area contributed by atoms with Gasteiger partial charge in [-0.05, 0) is 95.0 Å². The number of methoxy groups -OCH3 is 1. The summed E-state index contributed by atoms with van der Waals surface area (Å²) in [5.41, 5.74) is 1.54. The maximum atomic E-state index is 12.9. The van der Waals surface area contributed by atoms with Gasteiger partial charge in [0, 0.05) is 17.6 Å². The van der Waals surface area contributed by atoms with Crippen LogP contribution < -0.4 is 20.1 Å². The van der Waals surface area contributed by atoms with Crippen molar-refractivity contribution in [2.45, 2.75) is 59.0 Å². The first-order chi connectivity index (χ1) is 15.9. The molecule has 33 heavy (non-hydrogen) atoms. The van der Waals surface area contributed by atoms with Crippen LogP contribution in [-0.2, 0) is 0 Å². The minimum absolute atomic E-state index is 0.00741. The molecule has 180 valence electrons. The molecule has 0 saturated heterocycles. The Balaban J connectivity index is 1.77. The Hall–Kier alpha value is -3.22. The molecule has 1 amide bonds. The number of hydrazone groups is 1. The lowest BCUT2D eigenvalue weighted by Gasteiger charge is -2.31. The van der Waals surface area contributed by atoms with Crippen molar-refractivity contribution >= 4 is 12.1 Å². The van der Waals surface area contributed by atoms with Gasteiger partial charge in [-0.3, -0.25) is 4.79 Å². The third-order valence-electron chi connectivity index (χ3n) is 5.18. The number of carbonyl (C=O) groups excluding carboxylic acids is 1. The van der Waals surface area contributed by atoms with Crippen molar-refractivity contribution in [3.05, 3.63) is 53.6 Å². The highest BCUT2D eigenvalue weighted by atomic mass is 16.5. The Morgan fingerprint density at radius 2 is 1.58 bits per heavy atom. The van der Waals surface area contributed by atoms with Crippen molar-refractivity contribution in [3.63, 3.8) is 0 Å². The highest BCUT2D eigenvalue weighted by molar-refractivity contribution is 5.95. The van der Waals surface area contributed by atoms with Crippen LogP contribution in [-0.4, -0.2) is 49.4 Å². The summed E-state index contributed by atoms with van der Waals surface area (Å²) >= 11 is 0. The Morgan fingerprint density at radius 1 is 0.939 bits per heavy atom. The summed E-state index contributed by atoms with van der Waals surface area (Å²) < 4.78 is 17.1. The summed E-state index contributed by atoms with van der Waals surface area (Å²) in [5.74, 6) is 7.18. The van der Waals surface area contributed by atoms with Crippen LogP contribution in [0.5, 0.6) is 17.2 Å². The Bertz CT molecular complexity index is 887. The molecule has 7 heteroatoms. The van der Waals surface area contributed by atoms with Crippen molar-refractivity contribution in [2.24, 2.45) is 10.9 Å². The summed E-state index contributed by atoms with van der Waals surface area (Å²) in [7, 11) is 1.59. The molecule has 0 aliphatic carbocycles. The number of hydrogen-bond donors (Lipinski definition) is 1. The van der Waals surface area contributed by atoms with Crippen LogP contribution in [0.3, 0.4) is 0 Å². The van der Waals surface area contributed by atoms with Gasteiger partial charge in [-0.15, -0.1) is 0 Å². The molecule has 0 bridgehead atoms. The molecule has 2 aromatic carbocycles. The molecular formula is C26H37N3O4. The fraction of sp³-hybridized carbons (Fsp3) is 0.462. The molecule has 0 atom stereocenters. The Morgan fingerprint density at radius 3 is 2.15 bits per heavy atom. The largest absolute Gasteiger partial charge is 0.494 e. The number of nitrogens with zero attached hydrogens (tertiary/aromatic N) is 2. The molecule has 0 spiro atoms. The van der Waals surface area contributed by atoms with Crippen LogP contribution in [0.15, 0.2) is 47.6 Å². The highest BCUT2D eigenvalue weighted by Gasteiger charge is 2.22. The smallest absolute Gasteiger partial charge is 0.254 e. The molecule has 0 aliphatic rings. The first kappa shape index (κ1) is 26.0. The number of rotatable bonds is 13. The maximum absolute atomic E-state index is 12.9. The van der Waals surface area contributed by atoms with Gasteiger partial charge in [0.05, 0.1) is 26.5 Å². The minimum atomic E-state index is -0.00741. The van der Waals surface area contributed by atoms with E-state index in [9.17, 15) is 4.79 Å². The predicted octanol–water partition coefficient (Wildman–Crippen LogP) is 4.87. The van der Waals surface area contributed by atoms with E-state index in [1.54, 1.807) is 25.5 Å². The summed E-state index contributed by atoms with van der Waals surface area (Å²) in [6.45, 7) is 9.30. The minimum Gasteiger partial charge on any atom is -0.494 e. The lowest BCUT2D eigenvalue weighted by atomic mass is 10.1. The predicted molar refractivity (Wildman–Crippen MR) is 132 cm³/mol. The SMILES string of the molecule is COc1cc(C(=O)N(C(C)C)C(C)C)ccc1OCCCCCOc1ccc(/C=N/N)cc1. The molecule has 0 unspecified atom stereocenters. The number of benzene rings is 2. The molecule has 2 aromatic rings. The Kier molecular flexibility index (Phi) is 10.5. The number of hydrogen-bond acceptors (Lipinski definition) is 6. The second-order valence-electron chi connectivity index (χ2n) is 8.37. The first-order valence-corrected chi connectivity index (χ1v) is 11.5. The second-order valence-corrected chi connectivity index (χ2v) is 8.37. The van der Waals surface area contributed by atoms with Gasteiger partial charge in [-0.25, -0.2) is 0 Å². The van der Waals surface area contributed by atoms with Crippen LogP contribution in [0, 0.1) is 0 Å². The zero-order chi connectivity index (χ0) is 24.2. The number of amides is 1. The van der Waals surface area contributed by atoms with Gasteiger partial charge < -0.3 is 25.0 Å². The van der Waals surface area contributed by atoms with Crippen molar-refractivity contribution < 1.29 is 19.0 Å². The standard InChI is InChI=1S/C26H37N3O4/c1-19(2)29(20(3)4)26(30)22-11-14-24(25(17-22)31-5)33-16-8-6-7-15-32-23-12-9-21(10-13-23)18-28-27/h9-14,17-20H,6-8,15-16,27H2,1-5H3/b28-18+. The van der Waals surface area contributed by atoms with Crippen molar-refractivity contribution in [1.29, 1.82) is 0 Å². The van der Waals surface area contributed by atoms with E-state index in [1.165, 1.54) is 0 Å². The van der Waals surface area contributed by atoms with Crippen LogP contribution in [0.1, 0.15) is 62.9 Å². The van der Waals surface area contributed by atoms with E-state index >= 15 is 0 Å². The van der Waals surface area contributed by atoms with Gasteiger partial charge in [0.15, 0.2) is 11.5 Å². The lowest BCUT2D eigenvalue weighted by molar-refractivity contribution is 0.0643.